The molecular weight excluding hydrogens is 203 g/mol. The Kier molecular flexibility index (Phi) is 2.38. The van der Waals surface area contributed by atoms with Crippen LogP contribution >= 0.6 is 0 Å². The van der Waals surface area contributed by atoms with Crippen molar-refractivity contribution in [3.05, 3.63) is 41.7 Å². The molecular formula is C14H15FO. The molecule has 0 atom stereocenters. The molecule has 2 aromatic carbocycles. The van der Waals surface area contributed by atoms with Crippen LogP contribution in [0.25, 0.3) is 10.8 Å². The van der Waals surface area contributed by atoms with E-state index in [9.17, 15) is 9.50 Å². The molecule has 0 saturated heterocycles. The molecule has 0 spiro atoms. The second-order valence-electron chi connectivity index (χ2n) is 5.11. The molecule has 0 unspecified atom stereocenters. The molecule has 0 radical (unpaired) electrons. The summed E-state index contributed by atoms with van der Waals surface area (Å²) in [6.45, 7) is 6.14. The number of halogens is 1. The fraction of sp³-hybridized carbons (Fsp3) is 0.286. The molecule has 0 aromatic heterocycles. The van der Waals surface area contributed by atoms with Gasteiger partial charge >= 0.3 is 0 Å². The number of rotatable bonds is 0. The number of fused-ring (bicyclic) bond motifs is 1. The average Bonchev–Trinajstić information content (AvgIpc) is 2.16. The molecule has 0 saturated carbocycles. The highest BCUT2D eigenvalue weighted by atomic mass is 19.1. The zero-order valence-electron chi connectivity index (χ0n) is 9.71. The normalized spacial score (nSPS) is 12.0. The summed E-state index contributed by atoms with van der Waals surface area (Å²) in [5, 5.41) is 11.4. The zero-order chi connectivity index (χ0) is 11.9. The molecule has 0 aliphatic carbocycles. The summed E-state index contributed by atoms with van der Waals surface area (Å²) < 4.78 is 13.2. The lowest BCUT2D eigenvalue weighted by molar-refractivity contribution is 0.472. The third kappa shape index (κ3) is 1.87. The molecule has 2 heteroatoms. The fourth-order valence-corrected chi connectivity index (χ4v) is 1.93. The molecule has 0 amide bonds. The van der Waals surface area contributed by atoms with Gasteiger partial charge in [-0.25, -0.2) is 4.39 Å². The van der Waals surface area contributed by atoms with Crippen LogP contribution in [0.15, 0.2) is 30.3 Å². The van der Waals surface area contributed by atoms with Gasteiger partial charge in [0, 0.05) is 0 Å². The van der Waals surface area contributed by atoms with Crippen molar-refractivity contribution >= 4 is 10.8 Å². The van der Waals surface area contributed by atoms with E-state index in [2.05, 4.69) is 0 Å². The molecule has 0 heterocycles. The van der Waals surface area contributed by atoms with Gasteiger partial charge < -0.3 is 5.11 Å². The molecule has 1 nitrogen and oxygen atoms in total. The van der Waals surface area contributed by atoms with Crippen LogP contribution in [0.5, 0.6) is 5.75 Å². The van der Waals surface area contributed by atoms with Crippen molar-refractivity contribution in [1.29, 1.82) is 0 Å². The first-order valence-corrected chi connectivity index (χ1v) is 5.31. The van der Waals surface area contributed by atoms with Crippen LogP contribution < -0.4 is 0 Å². The Bertz CT molecular complexity index is 538. The molecule has 1 N–H and O–H groups in total. The zero-order valence-corrected chi connectivity index (χ0v) is 9.71. The summed E-state index contributed by atoms with van der Waals surface area (Å²) in [5.41, 5.74) is 0.840. The number of phenolic OH excluding ortho intramolecular Hbond substituents is 1. The van der Waals surface area contributed by atoms with E-state index in [0.29, 0.717) is 0 Å². The van der Waals surface area contributed by atoms with Crippen molar-refractivity contribution in [3.63, 3.8) is 0 Å². The van der Waals surface area contributed by atoms with Crippen molar-refractivity contribution < 1.29 is 9.50 Å². The molecule has 0 aliphatic rings. The summed E-state index contributed by atoms with van der Waals surface area (Å²) in [7, 11) is 0. The molecule has 0 aliphatic heterocycles. The second-order valence-corrected chi connectivity index (χ2v) is 5.11. The van der Waals surface area contributed by atoms with Crippen molar-refractivity contribution in [2.45, 2.75) is 26.2 Å². The smallest absolute Gasteiger partial charge is 0.123 e. The predicted octanol–water partition coefficient (Wildman–Crippen LogP) is 3.98. The van der Waals surface area contributed by atoms with E-state index in [-0.39, 0.29) is 17.0 Å². The third-order valence-electron chi connectivity index (χ3n) is 2.71. The van der Waals surface area contributed by atoms with E-state index in [1.165, 1.54) is 12.1 Å². The monoisotopic (exact) mass is 218 g/mol. The maximum absolute atomic E-state index is 13.2. The summed E-state index contributed by atoms with van der Waals surface area (Å²) in [4.78, 5) is 0. The Balaban J connectivity index is 2.85. The summed E-state index contributed by atoms with van der Waals surface area (Å²) in [6, 6.07) is 8.00. The Hall–Kier alpha value is -1.57. The van der Waals surface area contributed by atoms with Gasteiger partial charge in [0.25, 0.3) is 0 Å². The first-order valence-electron chi connectivity index (χ1n) is 5.31. The minimum absolute atomic E-state index is 0.120. The lowest BCUT2D eigenvalue weighted by atomic mass is 9.83. The Morgan fingerprint density at radius 3 is 2.38 bits per heavy atom. The maximum Gasteiger partial charge on any atom is 0.123 e. The van der Waals surface area contributed by atoms with Crippen LogP contribution in [0.2, 0.25) is 0 Å². The lowest BCUT2D eigenvalue weighted by Crippen LogP contribution is -2.11. The molecule has 2 rings (SSSR count). The number of phenols is 1. The third-order valence-corrected chi connectivity index (χ3v) is 2.71. The quantitative estimate of drug-likeness (QED) is 0.709. The summed E-state index contributed by atoms with van der Waals surface area (Å²) in [6.07, 6.45) is 0. The van der Waals surface area contributed by atoms with Crippen molar-refractivity contribution in [2.75, 3.05) is 0 Å². The fourth-order valence-electron chi connectivity index (χ4n) is 1.93. The van der Waals surface area contributed by atoms with Crippen LogP contribution in [0.1, 0.15) is 26.3 Å². The van der Waals surface area contributed by atoms with Crippen molar-refractivity contribution in [1.82, 2.24) is 0 Å². The van der Waals surface area contributed by atoms with Gasteiger partial charge in [-0.15, -0.1) is 0 Å². The number of benzene rings is 2. The van der Waals surface area contributed by atoms with E-state index < -0.39 is 0 Å². The highest BCUT2D eigenvalue weighted by Crippen LogP contribution is 2.33. The van der Waals surface area contributed by atoms with Crippen LogP contribution in [0, 0.1) is 5.82 Å². The highest BCUT2D eigenvalue weighted by Gasteiger charge is 2.18. The molecule has 16 heavy (non-hydrogen) atoms. The predicted molar refractivity (Wildman–Crippen MR) is 64.3 cm³/mol. The standard InChI is InChI=1S/C14H15FO/c1-14(2,3)13-8-11(16)6-9-4-5-10(15)7-12(9)13/h4-8,16H,1-3H3. The minimum Gasteiger partial charge on any atom is -0.508 e. The van der Waals surface area contributed by atoms with E-state index in [1.54, 1.807) is 18.2 Å². The molecule has 2 aromatic rings. The molecule has 0 bridgehead atoms. The summed E-state index contributed by atoms with van der Waals surface area (Å²) >= 11 is 0. The van der Waals surface area contributed by atoms with Gasteiger partial charge in [0.1, 0.15) is 11.6 Å². The minimum atomic E-state index is -0.247. The Morgan fingerprint density at radius 2 is 1.75 bits per heavy atom. The highest BCUT2D eigenvalue weighted by molar-refractivity contribution is 5.88. The van der Waals surface area contributed by atoms with E-state index in [0.717, 1.165) is 16.3 Å². The first-order chi connectivity index (χ1) is 7.38. The van der Waals surface area contributed by atoms with Gasteiger partial charge in [-0.05, 0) is 46.0 Å². The largest absolute Gasteiger partial charge is 0.508 e. The van der Waals surface area contributed by atoms with Gasteiger partial charge in [0.05, 0.1) is 0 Å². The van der Waals surface area contributed by atoms with E-state index >= 15 is 0 Å². The Morgan fingerprint density at radius 1 is 1.06 bits per heavy atom. The molecule has 0 fully saturated rings. The van der Waals surface area contributed by atoms with E-state index in [4.69, 9.17) is 0 Å². The van der Waals surface area contributed by atoms with E-state index in [1.807, 2.05) is 20.8 Å². The van der Waals surface area contributed by atoms with Crippen LogP contribution in [-0.2, 0) is 5.41 Å². The number of aromatic hydroxyl groups is 1. The van der Waals surface area contributed by atoms with Gasteiger partial charge in [-0.2, -0.15) is 0 Å². The average molecular weight is 218 g/mol. The van der Waals surface area contributed by atoms with Gasteiger partial charge in [-0.1, -0.05) is 26.8 Å². The van der Waals surface area contributed by atoms with Crippen molar-refractivity contribution in [3.8, 4) is 5.75 Å². The molecule has 84 valence electrons. The number of hydrogen-bond donors (Lipinski definition) is 1. The second kappa shape index (κ2) is 3.48. The van der Waals surface area contributed by atoms with Crippen LogP contribution in [0.4, 0.5) is 4.39 Å². The SMILES string of the molecule is CC(C)(C)c1cc(O)cc2ccc(F)cc12. The maximum atomic E-state index is 13.2. The van der Waals surface area contributed by atoms with Gasteiger partial charge in [0.2, 0.25) is 0 Å². The van der Waals surface area contributed by atoms with Gasteiger partial charge in [-0.3, -0.25) is 0 Å². The summed E-state index contributed by atoms with van der Waals surface area (Å²) in [5.74, 6) is -0.0206. The van der Waals surface area contributed by atoms with Crippen LogP contribution in [0.3, 0.4) is 0 Å². The van der Waals surface area contributed by atoms with Gasteiger partial charge in [0.15, 0.2) is 0 Å². The number of hydrogen-bond acceptors (Lipinski definition) is 1. The lowest BCUT2D eigenvalue weighted by Gasteiger charge is -2.21. The van der Waals surface area contributed by atoms with Crippen molar-refractivity contribution in [2.24, 2.45) is 0 Å². The topological polar surface area (TPSA) is 20.2 Å². The Labute approximate surface area is 94.5 Å². The van der Waals surface area contributed by atoms with Crippen LogP contribution in [-0.4, -0.2) is 5.11 Å². The first kappa shape index (κ1) is 10.9.